The van der Waals surface area contributed by atoms with Crippen molar-refractivity contribution in [1.29, 1.82) is 0 Å². The highest BCUT2D eigenvalue weighted by molar-refractivity contribution is 6.32. The van der Waals surface area contributed by atoms with Crippen molar-refractivity contribution >= 4 is 23.2 Å². The quantitative estimate of drug-likeness (QED) is 0.840. The predicted octanol–water partition coefficient (Wildman–Crippen LogP) is 3.02. The number of amides is 1. The first kappa shape index (κ1) is 12.8. The molecule has 0 aliphatic heterocycles. The number of aromatic nitrogens is 1. The van der Waals surface area contributed by atoms with Crippen LogP contribution in [0.2, 0.25) is 5.15 Å². The van der Waals surface area contributed by atoms with Gasteiger partial charge in [0.25, 0.3) is 0 Å². The molecule has 1 amide bonds. The Morgan fingerprint density at radius 1 is 1.50 bits per heavy atom. The van der Waals surface area contributed by atoms with Gasteiger partial charge in [0.05, 0.1) is 12.1 Å². The van der Waals surface area contributed by atoms with Crippen LogP contribution >= 0.6 is 11.6 Å². The number of carbonyl (C=O) groups is 1. The van der Waals surface area contributed by atoms with E-state index in [1.165, 1.54) is 18.3 Å². The molecule has 0 spiro atoms. The zero-order valence-corrected chi connectivity index (χ0v) is 8.77. The van der Waals surface area contributed by atoms with Crippen LogP contribution in [-0.4, -0.2) is 17.1 Å². The van der Waals surface area contributed by atoms with Gasteiger partial charge in [-0.3, -0.25) is 4.79 Å². The summed E-state index contributed by atoms with van der Waals surface area (Å²) in [4.78, 5) is 14.8. The van der Waals surface area contributed by atoms with Gasteiger partial charge in [-0.2, -0.15) is 13.2 Å². The van der Waals surface area contributed by atoms with Crippen molar-refractivity contribution in [3.05, 3.63) is 23.5 Å². The van der Waals surface area contributed by atoms with E-state index >= 15 is 0 Å². The minimum absolute atomic E-state index is 0.0443. The molecule has 88 valence electrons. The average Bonchev–Trinajstić information content (AvgIpc) is 2.18. The fourth-order valence-electron chi connectivity index (χ4n) is 0.947. The molecule has 7 heteroatoms. The first-order valence-corrected chi connectivity index (χ1v) is 4.73. The third kappa shape index (κ3) is 4.48. The molecule has 1 aromatic heterocycles. The van der Waals surface area contributed by atoms with Gasteiger partial charge in [0.1, 0.15) is 0 Å². The van der Waals surface area contributed by atoms with Crippen molar-refractivity contribution in [3.8, 4) is 0 Å². The zero-order chi connectivity index (χ0) is 12.2. The van der Waals surface area contributed by atoms with Gasteiger partial charge in [0, 0.05) is 12.6 Å². The standard InChI is InChI=1S/C9H8ClF3N2O/c10-8-6(2-1-5-14-8)15-7(16)3-4-9(11,12)13/h1-2,5H,3-4H2,(H,15,16). The topological polar surface area (TPSA) is 42.0 Å². The molecule has 0 bridgehead atoms. The maximum Gasteiger partial charge on any atom is 0.389 e. The van der Waals surface area contributed by atoms with Gasteiger partial charge in [-0.05, 0) is 12.1 Å². The van der Waals surface area contributed by atoms with E-state index < -0.39 is 24.9 Å². The summed E-state index contributed by atoms with van der Waals surface area (Å²) in [5.41, 5.74) is 0.205. The first-order valence-electron chi connectivity index (χ1n) is 4.35. The molecule has 1 aromatic rings. The minimum Gasteiger partial charge on any atom is -0.323 e. The summed E-state index contributed by atoms with van der Waals surface area (Å²) in [5.74, 6) is -0.743. The molecule has 0 saturated carbocycles. The molecule has 0 aromatic carbocycles. The normalized spacial score (nSPS) is 11.2. The van der Waals surface area contributed by atoms with Gasteiger partial charge in [0.15, 0.2) is 5.15 Å². The third-order valence-corrected chi connectivity index (χ3v) is 1.97. The Morgan fingerprint density at radius 3 is 2.75 bits per heavy atom. The van der Waals surface area contributed by atoms with E-state index in [-0.39, 0.29) is 10.8 Å². The highest BCUT2D eigenvalue weighted by atomic mass is 35.5. The molecule has 1 N–H and O–H groups in total. The maximum absolute atomic E-state index is 11.8. The van der Waals surface area contributed by atoms with Crippen molar-refractivity contribution in [2.75, 3.05) is 5.32 Å². The van der Waals surface area contributed by atoms with Gasteiger partial charge < -0.3 is 5.32 Å². The van der Waals surface area contributed by atoms with Crippen molar-refractivity contribution < 1.29 is 18.0 Å². The number of hydrogen-bond donors (Lipinski definition) is 1. The molecule has 0 atom stereocenters. The van der Waals surface area contributed by atoms with Gasteiger partial charge in [-0.25, -0.2) is 4.98 Å². The second-order valence-electron chi connectivity index (χ2n) is 3.01. The number of alkyl halides is 3. The number of nitrogens with zero attached hydrogens (tertiary/aromatic N) is 1. The number of carbonyl (C=O) groups excluding carboxylic acids is 1. The van der Waals surface area contributed by atoms with Crippen LogP contribution in [0.4, 0.5) is 18.9 Å². The lowest BCUT2D eigenvalue weighted by atomic mass is 10.3. The second-order valence-corrected chi connectivity index (χ2v) is 3.36. The van der Waals surface area contributed by atoms with Crippen LogP contribution in [0, 0.1) is 0 Å². The van der Waals surface area contributed by atoms with Gasteiger partial charge in [-0.1, -0.05) is 11.6 Å². The lowest BCUT2D eigenvalue weighted by Crippen LogP contribution is -2.16. The van der Waals surface area contributed by atoms with Gasteiger partial charge in [0.2, 0.25) is 5.91 Å². The molecule has 0 fully saturated rings. The fraction of sp³-hybridized carbons (Fsp3) is 0.333. The molecular formula is C9H8ClF3N2O. The number of nitrogens with one attached hydrogen (secondary N) is 1. The van der Waals surface area contributed by atoms with Crippen LogP contribution in [0.25, 0.3) is 0 Å². The van der Waals surface area contributed by atoms with Crippen LogP contribution in [0.3, 0.4) is 0 Å². The molecule has 0 aliphatic rings. The largest absolute Gasteiger partial charge is 0.389 e. The van der Waals surface area contributed by atoms with E-state index in [1.807, 2.05) is 0 Å². The number of anilines is 1. The highest BCUT2D eigenvalue weighted by Crippen LogP contribution is 2.22. The Morgan fingerprint density at radius 2 is 2.19 bits per heavy atom. The average molecular weight is 253 g/mol. The Hall–Kier alpha value is -1.30. The number of rotatable bonds is 3. The number of halogens is 4. The van der Waals surface area contributed by atoms with E-state index in [9.17, 15) is 18.0 Å². The summed E-state index contributed by atoms with van der Waals surface area (Å²) < 4.78 is 35.4. The van der Waals surface area contributed by atoms with Crippen LogP contribution in [0.15, 0.2) is 18.3 Å². The van der Waals surface area contributed by atoms with Crippen molar-refractivity contribution in [1.82, 2.24) is 4.98 Å². The van der Waals surface area contributed by atoms with E-state index in [1.54, 1.807) is 0 Å². The lowest BCUT2D eigenvalue weighted by Gasteiger charge is -2.07. The summed E-state index contributed by atoms with van der Waals surface area (Å²) >= 11 is 5.61. The molecule has 3 nitrogen and oxygen atoms in total. The van der Waals surface area contributed by atoms with Crippen LogP contribution in [-0.2, 0) is 4.79 Å². The SMILES string of the molecule is O=C(CCC(F)(F)F)Nc1cccnc1Cl. The Labute approximate surface area is 94.6 Å². The Bertz CT molecular complexity index is 381. The molecule has 0 saturated heterocycles. The summed E-state index contributed by atoms with van der Waals surface area (Å²) in [5, 5.41) is 2.29. The van der Waals surface area contributed by atoms with E-state index in [4.69, 9.17) is 11.6 Å². The molecule has 0 unspecified atom stereocenters. The van der Waals surface area contributed by atoms with Crippen molar-refractivity contribution in [3.63, 3.8) is 0 Å². The highest BCUT2D eigenvalue weighted by Gasteiger charge is 2.27. The molecule has 1 rings (SSSR count). The van der Waals surface area contributed by atoms with Gasteiger partial charge in [-0.15, -0.1) is 0 Å². The minimum atomic E-state index is -4.34. The summed E-state index contributed by atoms with van der Waals surface area (Å²) in [6.07, 6.45) is -4.71. The third-order valence-electron chi connectivity index (χ3n) is 1.67. The molecule has 0 aliphatic carbocycles. The molecule has 0 radical (unpaired) electrons. The fourth-order valence-corrected chi connectivity index (χ4v) is 1.11. The lowest BCUT2D eigenvalue weighted by molar-refractivity contribution is -0.142. The van der Waals surface area contributed by atoms with E-state index in [0.717, 1.165) is 0 Å². The zero-order valence-electron chi connectivity index (χ0n) is 8.01. The van der Waals surface area contributed by atoms with Crippen LogP contribution < -0.4 is 5.32 Å². The first-order chi connectivity index (χ1) is 7.38. The second kappa shape index (κ2) is 5.16. The summed E-state index contributed by atoms with van der Waals surface area (Å²) in [7, 11) is 0. The summed E-state index contributed by atoms with van der Waals surface area (Å²) in [6.45, 7) is 0. The number of pyridine rings is 1. The molecule has 1 heterocycles. The predicted molar refractivity (Wildman–Crippen MR) is 53.2 cm³/mol. The van der Waals surface area contributed by atoms with E-state index in [0.29, 0.717) is 0 Å². The molecular weight excluding hydrogens is 245 g/mol. The van der Waals surface area contributed by atoms with Crippen molar-refractivity contribution in [2.45, 2.75) is 19.0 Å². The van der Waals surface area contributed by atoms with E-state index in [2.05, 4.69) is 10.3 Å². The Balaban J connectivity index is 2.50. The monoisotopic (exact) mass is 252 g/mol. The van der Waals surface area contributed by atoms with Gasteiger partial charge >= 0.3 is 6.18 Å². The maximum atomic E-state index is 11.8. The van der Waals surface area contributed by atoms with Crippen LogP contribution in [0.1, 0.15) is 12.8 Å². The smallest absolute Gasteiger partial charge is 0.323 e. The molecule has 16 heavy (non-hydrogen) atoms. The van der Waals surface area contributed by atoms with Crippen LogP contribution in [0.5, 0.6) is 0 Å². The van der Waals surface area contributed by atoms with Crippen molar-refractivity contribution in [2.24, 2.45) is 0 Å². The summed E-state index contributed by atoms with van der Waals surface area (Å²) in [6, 6.07) is 2.98. The Kier molecular flexibility index (Phi) is 4.12. The number of hydrogen-bond acceptors (Lipinski definition) is 2.